The normalized spacial score (nSPS) is 11.6. The van der Waals surface area contributed by atoms with Gasteiger partial charge in [0.05, 0.1) is 10.4 Å². The summed E-state index contributed by atoms with van der Waals surface area (Å²) in [5.41, 5.74) is 2.86. The summed E-state index contributed by atoms with van der Waals surface area (Å²) in [5.74, 6) is 0.512. The Labute approximate surface area is 152 Å². The fraction of sp³-hybridized carbons (Fsp3) is 0.0476. The van der Waals surface area contributed by atoms with Crippen LogP contribution in [0.3, 0.4) is 0 Å². The van der Waals surface area contributed by atoms with E-state index < -0.39 is 10.0 Å². The Hall–Kier alpha value is -3.05. The van der Waals surface area contributed by atoms with E-state index in [-0.39, 0.29) is 4.90 Å². The van der Waals surface area contributed by atoms with Gasteiger partial charge in [0.1, 0.15) is 5.82 Å². The molecule has 3 aromatic carbocycles. The number of nitrogens with one attached hydrogen (secondary N) is 1. The van der Waals surface area contributed by atoms with Crippen molar-refractivity contribution >= 4 is 26.7 Å². The maximum Gasteiger partial charge on any atom is 0.263 e. The summed E-state index contributed by atoms with van der Waals surface area (Å²) < 4.78 is 30.4. The molecule has 0 aliphatic rings. The lowest BCUT2D eigenvalue weighted by Crippen LogP contribution is -2.15. The van der Waals surface area contributed by atoms with Crippen molar-refractivity contribution in [2.75, 3.05) is 4.72 Å². The summed E-state index contributed by atoms with van der Waals surface area (Å²) in [6.07, 6.45) is 0. The van der Waals surface area contributed by atoms with Gasteiger partial charge in [-0.2, -0.15) is 0 Å². The summed E-state index contributed by atoms with van der Waals surface area (Å²) >= 11 is 0. The van der Waals surface area contributed by atoms with E-state index >= 15 is 0 Å². The average molecular weight is 362 g/mol. The molecule has 0 saturated carbocycles. The van der Waals surface area contributed by atoms with Crippen molar-refractivity contribution in [1.82, 2.24) is 4.57 Å². The number of anilines is 1. The van der Waals surface area contributed by atoms with Crippen LogP contribution in [0, 0.1) is 6.92 Å². The molecule has 130 valence electrons. The summed E-state index contributed by atoms with van der Waals surface area (Å²) in [5, 5.41) is 0.970. The van der Waals surface area contributed by atoms with Crippen LogP contribution >= 0.6 is 0 Å². The largest absolute Gasteiger partial charge is 0.295 e. The Morgan fingerprint density at radius 3 is 2.19 bits per heavy atom. The maximum atomic E-state index is 12.8. The van der Waals surface area contributed by atoms with Gasteiger partial charge in [0.25, 0.3) is 10.0 Å². The molecule has 0 atom stereocenters. The molecule has 0 spiro atoms. The number of sulfonamides is 1. The third-order valence-electron chi connectivity index (χ3n) is 4.30. The zero-order chi connectivity index (χ0) is 18.1. The predicted octanol–water partition coefficient (Wildman–Crippen LogP) is 4.74. The van der Waals surface area contributed by atoms with Crippen molar-refractivity contribution in [2.45, 2.75) is 11.8 Å². The first-order chi connectivity index (χ1) is 12.5. The Kier molecular flexibility index (Phi) is 4.01. The number of para-hydroxylation sites is 2. The number of aryl methyl sites for hydroxylation is 1. The quantitative estimate of drug-likeness (QED) is 0.570. The Bertz CT molecular complexity index is 1160. The lowest BCUT2D eigenvalue weighted by Gasteiger charge is -2.13. The van der Waals surface area contributed by atoms with Gasteiger partial charge in [-0.25, -0.2) is 8.42 Å². The molecule has 5 heteroatoms. The molecule has 1 heterocycles. The molecular formula is C21H18N2O2S. The van der Waals surface area contributed by atoms with Crippen LogP contribution in [0.15, 0.2) is 89.8 Å². The van der Waals surface area contributed by atoms with Gasteiger partial charge < -0.3 is 0 Å². The average Bonchev–Trinajstić information content (AvgIpc) is 3.00. The molecule has 0 bridgehead atoms. The third kappa shape index (κ3) is 2.97. The molecule has 0 aliphatic carbocycles. The summed E-state index contributed by atoms with van der Waals surface area (Å²) in [6, 6.07) is 26.2. The van der Waals surface area contributed by atoms with Crippen LogP contribution in [0.2, 0.25) is 0 Å². The standard InChI is InChI=1S/C21H18N2O2S/c1-16-11-13-19(14-12-16)26(24,25)22-21-15-17-7-5-6-10-20(17)23(21)18-8-3-2-4-9-18/h2-15,22H,1H3. The Morgan fingerprint density at radius 1 is 0.808 bits per heavy atom. The second-order valence-electron chi connectivity index (χ2n) is 6.18. The monoisotopic (exact) mass is 362 g/mol. The van der Waals surface area contributed by atoms with Crippen molar-refractivity contribution in [2.24, 2.45) is 0 Å². The molecule has 0 unspecified atom stereocenters. The van der Waals surface area contributed by atoms with Crippen LogP contribution < -0.4 is 4.72 Å². The lowest BCUT2D eigenvalue weighted by molar-refractivity contribution is 0.601. The van der Waals surface area contributed by atoms with Crippen LogP contribution in [0.5, 0.6) is 0 Å². The van der Waals surface area contributed by atoms with Crippen LogP contribution in [0.1, 0.15) is 5.56 Å². The molecule has 4 aromatic rings. The van der Waals surface area contributed by atoms with Crippen LogP contribution in [-0.2, 0) is 10.0 Å². The highest BCUT2D eigenvalue weighted by Crippen LogP contribution is 2.29. The molecule has 1 aromatic heterocycles. The van der Waals surface area contributed by atoms with Crippen LogP contribution in [0.25, 0.3) is 16.6 Å². The lowest BCUT2D eigenvalue weighted by atomic mass is 10.2. The van der Waals surface area contributed by atoms with Crippen LogP contribution in [-0.4, -0.2) is 13.0 Å². The first-order valence-corrected chi connectivity index (χ1v) is 9.78. The minimum absolute atomic E-state index is 0.243. The van der Waals surface area contributed by atoms with Gasteiger partial charge in [-0.3, -0.25) is 9.29 Å². The van der Waals surface area contributed by atoms with Crippen molar-refractivity contribution in [3.63, 3.8) is 0 Å². The van der Waals surface area contributed by atoms with E-state index in [4.69, 9.17) is 0 Å². The van der Waals surface area contributed by atoms with Crippen LogP contribution in [0.4, 0.5) is 5.82 Å². The Balaban J connectivity index is 1.85. The minimum Gasteiger partial charge on any atom is -0.295 e. The summed E-state index contributed by atoms with van der Waals surface area (Å²) in [6.45, 7) is 1.93. The molecule has 1 N–H and O–H groups in total. The van der Waals surface area contributed by atoms with Gasteiger partial charge >= 0.3 is 0 Å². The number of hydrogen-bond acceptors (Lipinski definition) is 2. The van der Waals surface area contributed by atoms with E-state index in [1.54, 1.807) is 24.3 Å². The molecule has 0 saturated heterocycles. The molecule has 0 aliphatic heterocycles. The van der Waals surface area contributed by atoms with Gasteiger partial charge in [0.15, 0.2) is 0 Å². The minimum atomic E-state index is -3.68. The zero-order valence-electron chi connectivity index (χ0n) is 14.3. The number of nitrogens with zero attached hydrogens (tertiary/aromatic N) is 1. The Morgan fingerprint density at radius 2 is 1.46 bits per heavy atom. The number of benzene rings is 3. The first-order valence-electron chi connectivity index (χ1n) is 8.30. The van der Waals surface area contributed by atoms with E-state index in [0.717, 1.165) is 22.2 Å². The van der Waals surface area contributed by atoms with Crippen molar-refractivity contribution in [3.8, 4) is 5.69 Å². The van der Waals surface area contributed by atoms with Crippen molar-refractivity contribution in [3.05, 3.63) is 90.5 Å². The van der Waals surface area contributed by atoms with Gasteiger partial charge in [-0.1, -0.05) is 54.1 Å². The fourth-order valence-corrected chi connectivity index (χ4v) is 4.04. The van der Waals surface area contributed by atoms with E-state index in [1.165, 1.54) is 0 Å². The van der Waals surface area contributed by atoms with Crippen molar-refractivity contribution < 1.29 is 8.42 Å². The third-order valence-corrected chi connectivity index (χ3v) is 5.67. The van der Waals surface area contributed by atoms with Gasteiger partial charge in [0, 0.05) is 11.1 Å². The highest BCUT2D eigenvalue weighted by atomic mass is 32.2. The molecular weight excluding hydrogens is 344 g/mol. The molecule has 4 rings (SSSR count). The van der Waals surface area contributed by atoms with Gasteiger partial charge in [0.2, 0.25) is 0 Å². The fourth-order valence-electron chi connectivity index (χ4n) is 3.00. The zero-order valence-corrected chi connectivity index (χ0v) is 15.1. The maximum absolute atomic E-state index is 12.8. The number of rotatable bonds is 4. The van der Waals surface area contributed by atoms with E-state index in [9.17, 15) is 8.42 Å². The van der Waals surface area contributed by atoms with Crippen molar-refractivity contribution in [1.29, 1.82) is 0 Å². The number of fused-ring (bicyclic) bond motifs is 1. The smallest absolute Gasteiger partial charge is 0.263 e. The van der Waals surface area contributed by atoms with E-state index in [2.05, 4.69) is 4.72 Å². The SMILES string of the molecule is Cc1ccc(S(=O)(=O)Nc2cc3ccccc3n2-c2ccccc2)cc1. The summed E-state index contributed by atoms with van der Waals surface area (Å²) in [4.78, 5) is 0.243. The second kappa shape index (κ2) is 6.35. The molecule has 26 heavy (non-hydrogen) atoms. The highest BCUT2D eigenvalue weighted by Gasteiger charge is 2.18. The molecule has 4 nitrogen and oxygen atoms in total. The number of hydrogen-bond donors (Lipinski definition) is 1. The highest BCUT2D eigenvalue weighted by molar-refractivity contribution is 7.92. The van der Waals surface area contributed by atoms with E-state index in [1.807, 2.05) is 72.2 Å². The van der Waals surface area contributed by atoms with E-state index in [0.29, 0.717) is 5.82 Å². The second-order valence-corrected chi connectivity index (χ2v) is 7.86. The molecule has 0 amide bonds. The number of aromatic nitrogens is 1. The van der Waals surface area contributed by atoms with Gasteiger partial charge in [-0.05, 0) is 43.3 Å². The predicted molar refractivity (Wildman–Crippen MR) is 105 cm³/mol. The topological polar surface area (TPSA) is 51.1 Å². The molecule has 0 fully saturated rings. The van der Waals surface area contributed by atoms with Gasteiger partial charge in [-0.15, -0.1) is 0 Å². The summed E-state index contributed by atoms with van der Waals surface area (Å²) in [7, 11) is -3.68. The molecule has 0 radical (unpaired) electrons. The first kappa shape index (κ1) is 16.4.